The van der Waals surface area contributed by atoms with E-state index in [9.17, 15) is 9.90 Å². The van der Waals surface area contributed by atoms with Gasteiger partial charge in [-0.1, -0.05) is 0 Å². The van der Waals surface area contributed by atoms with Gasteiger partial charge in [0.15, 0.2) is 5.58 Å². The first kappa shape index (κ1) is 14.6. The van der Waals surface area contributed by atoms with Gasteiger partial charge in [-0.25, -0.2) is 4.79 Å². The molecule has 2 fully saturated rings. The minimum atomic E-state index is -0.831. The Morgan fingerprint density at radius 2 is 2.09 bits per heavy atom. The van der Waals surface area contributed by atoms with Gasteiger partial charge in [0.2, 0.25) is 0 Å². The van der Waals surface area contributed by atoms with Crippen LogP contribution >= 0.6 is 15.9 Å². The molecule has 1 amide bonds. The molecule has 0 saturated carbocycles. The summed E-state index contributed by atoms with van der Waals surface area (Å²) in [6.07, 6.45) is 0.957. The number of carbonyl (C=O) groups is 1. The number of amides is 1. The summed E-state index contributed by atoms with van der Waals surface area (Å²) in [6, 6.07) is 4.23. The summed E-state index contributed by atoms with van der Waals surface area (Å²) in [6.45, 7) is 1.23. The summed E-state index contributed by atoms with van der Waals surface area (Å²) >= 11 is 3.47. The molecule has 2 aromatic rings. The quantitative estimate of drug-likeness (QED) is 0.861. The Bertz CT molecular complexity index is 763. The fourth-order valence-corrected chi connectivity index (χ4v) is 4.09. The zero-order valence-electron chi connectivity index (χ0n) is 12.5. The minimum Gasteiger partial charge on any atom is -0.497 e. The predicted octanol–water partition coefficient (Wildman–Crippen LogP) is 2.93. The summed E-state index contributed by atoms with van der Waals surface area (Å²) in [4.78, 5) is 19.5. The number of hydrogen-bond acceptors (Lipinski definition) is 5. The van der Waals surface area contributed by atoms with Crippen LogP contribution in [-0.4, -0.2) is 53.4 Å². The SMILES string of the molecule is COc1cc(Br)c2oc(N3CC4CCC(C3)N4C(=O)O)nc2c1. The molecule has 23 heavy (non-hydrogen) atoms. The minimum absolute atomic E-state index is 0.0132. The number of nitrogens with zero attached hydrogens (tertiary/aromatic N) is 3. The van der Waals surface area contributed by atoms with Crippen molar-refractivity contribution in [3.63, 3.8) is 0 Å². The van der Waals surface area contributed by atoms with Crippen LogP contribution in [0.25, 0.3) is 11.1 Å². The van der Waals surface area contributed by atoms with E-state index in [1.807, 2.05) is 17.0 Å². The van der Waals surface area contributed by atoms with E-state index in [-0.39, 0.29) is 12.1 Å². The van der Waals surface area contributed by atoms with Crippen LogP contribution in [-0.2, 0) is 0 Å². The predicted molar refractivity (Wildman–Crippen MR) is 87.1 cm³/mol. The van der Waals surface area contributed by atoms with Crippen LogP contribution in [0.15, 0.2) is 21.0 Å². The van der Waals surface area contributed by atoms with Crippen molar-refractivity contribution in [1.82, 2.24) is 9.88 Å². The molecule has 1 aromatic heterocycles. The lowest BCUT2D eigenvalue weighted by Gasteiger charge is -2.38. The van der Waals surface area contributed by atoms with E-state index < -0.39 is 6.09 Å². The van der Waals surface area contributed by atoms with Gasteiger partial charge in [0, 0.05) is 19.2 Å². The van der Waals surface area contributed by atoms with Gasteiger partial charge in [0.05, 0.1) is 23.7 Å². The lowest BCUT2D eigenvalue weighted by molar-refractivity contribution is 0.114. The highest BCUT2D eigenvalue weighted by atomic mass is 79.9. The monoisotopic (exact) mass is 381 g/mol. The largest absolute Gasteiger partial charge is 0.497 e. The van der Waals surface area contributed by atoms with Crippen molar-refractivity contribution in [1.29, 1.82) is 0 Å². The molecule has 1 aromatic carbocycles. The van der Waals surface area contributed by atoms with Crippen molar-refractivity contribution in [3.05, 3.63) is 16.6 Å². The maximum atomic E-state index is 11.4. The van der Waals surface area contributed by atoms with Crippen LogP contribution < -0.4 is 9.64 Å². The summed E-state index contributed by atoms with van der Waals surface area (Å²) in [5.74, 6) is 0.708. The number of anilines is 1. The highest BCUT2D eigenvalue weighted by molar-refractivity contribution is 9.10. The molecule has 4 rings (SSSR count). The van der Waals surface area contributed by atoms with Gasteiger partial charge in [-0.3, -0.25) is 4.90 Å². The van der Waals surface area contributed by atoms with Crippen molar-refractivity contribution in [3.8, 4) is 5.75 Å². The molecule has 0 spiro atoms. The van der Waals surface area contributed by atoms with Gasteiger partial charge in [-0.2, -0.15) is 4.98 Å². The second-order valence-corrected chi connectivity index (χ2v) is 6.79. The van der Waals surface area contributed by atoms with Crippen molar-refractivity contribution in [2.24, 2.45) is 0 Å². The molecule has 2 aliphatic heterocycles. The second-order valence-electron chi connectivity index (χ2n) is 5.93. The van der Waals surface area contributed by atoms with E-state index in [1.165, 1.54) is 0 Å². The average molecular weight is 382 g/mol. The Kier molecular flexibility index (Phi) is 3.37. The number of aromatic nitrogens is 1. The Hall–Kier alpha value is -1.96. The van der Waals surface area contributed by atoms with Gasteiger partial charge in [0.1, 0.15) is 11.3 Å². The number of fused-ring (bicyclic) bond motifs is 3. The molecule has 3 heterocycles. The van der Waals surface area contributed by atoms with Crippen LogP contribution in [0.5, 0.6) is 5.75 Å². The highest BCUT2D eigenvalue weighted by Gasteiger charge is 2.43. The molecule has 8 heteroatoms. The molecule has 1 N–H and O–H groups in total. The van der Waals surface area contributed by atoms with Crippen molar-refractivity contribution >= 4 is 39.1 Å². The first-order valence-electron chi connectivity index (χ1n) is 7.47. The third-order valence-electron chi connectivity index (χ3n) is 4.62. The lowest BCUT2D eigenvalue weighted by Crippen LogP contribution is -2.55. The van der Waals surface area contributed by atoms with Crippen molar-refractivity contribution in [2.75, 3.05) is 25.1 Å². The summed E-state index contributed by atoms with van der Waals surface area (Å²) < 4.78 is 11.9. The fourth-order valence-electron chi connectivity index (χ4n) is 3.58. The number of oxazole rings is 1. The molecule has 2 atom stereocenters. The zero-order chi connectivity index (χ0) is 16.1. The molecule has 2 saturated heterocycles. The number of ether oxygens (including phenoxy) is 1. The number of piperazine rings is 1. The maximum absolute atomic E-state index is 11.4. The maximum Gasteiger partial charge on any atom is 0.407 e. The normalized spacial score (nSPS) is 23.6. The van der Waals surface area contributed by atoms with Crippen molar-refractivity contribution in [2.45, 2.75) is 24.9 Å². The molecule has 2 bridgehead atoms. The van der Waals surface area contributed by atoms with E-state index in [4.69, 9.17) is 9.15 Å². The molecule has 2 unspecified atom stereocenters. The summed E-state index contributed by atoms with van der Waals surface area (Å²) in [7, 11) is 1.61. The average Bonchev–Trinajstić information content (AvgIpc) is 3.06. The van der Waals surface area contributed by atoms with Crippen molar-refractivity contribution < 1.29 is 19.1 Å². The Morgan fingerprint density at radius 3 is 2.70 bits per heavy atom. The number of benzene rings is 1. The number of hydrogen-bond donors (Lipinski definition) is 1. The standard InChI is InChI=1S/C15H16BrN3O4/c1-22-10-4-11(16)13-12(5-10)17-14(23-13)18-6-8-2-3-9(7-18)19(8)15(20)21/h4-5,8-9H,2-3,6-7H2,1H3,(H,20,21). The Morgan fingerprint density at radius 1 is 1.39 bits per heavy atom. The molecule has 2 aliphatic rings. The Labute approximate surface area is 140 Å². The molecular weight excluding hydrogens is 366 g/mol. The number of carboxylic acid groups (broad SMARTS) is 1. The third kappa shape index (κ3) is 2.32. The summed E-state index contributed by atoms with van der Waals surface area (Å²) in [5.41, 5.74) is 1.40. The molecule has 7 nitrogen and oxygen atoms in total. The molecule has 122 valence electrons. The number of methoxy groups -OCH3 is 1. The fraction of sp³-hybridized carbons (Fsp3) is 0.467. The van der Waals surface area contributed by atoms with E-state index in [2.05, 4.69) is 20.9 Å². The first-order chi connectivity index (χ1) is 11.1. The first-order valence-corrected chi connectivity index (χ1v) is 8.26. The smallest absolute Gasteiger partial charge is 0.407 e. The highest BCUT2D eigenvalue weighted by Crippen LogP contribution is 2.36. The van der Waals surface area contributed by atoms with Crippen LogP contribution in [0.4, 0.5) is 10.8 Å². The van der Waals surface area contributed by atoms with E-state index in [0.717, 1.165) is 22.8 Å². The summed E-state index contributed by atoms with van der Waals surface area (Å²) in [5, 5.41) is 9.33. The molecule has 0 aliphatic carbocycles. The van der Waals surface area contributed by atoms with Crippen LogP contribution in [0.1, 0.15) is 12.8 Å². The van der Waals surface area contributed by atoms with Crippen LogP contribution in [0, 0.1) is 0 Å². The van der Waals surface area contributed by atoms with Crippen LogP contribution in [0.2, 0.25) is 0 Å². The lowest BCUT2D eigenvalue weighted by atomic mass is 10.2. The number of halogens is 1. The van der Waals surface area contributed by atoms with Gasteiger partial charge in [-0.15, -0.1) is 0 Å². The molecule has 0 radical (unpaired) electrons. The van der Waals surface area contributed by atoms with E-state index in [0.29, 0.717) is 30.4 Å². The van der Waals surface area contributed by atoms with Gasteiger partial charge < -0.3 is 19.2 Å². The van der Waals surface area contributed by atoms with E-state index >= 15 is 0 Å². The topological polar surface area (TPSA) is 79.0 Å². The number of rotatable bonds is 2. The van der Waals surface area contributed by atoms with E-state index in [1.54, 1.807) is 12.0 Å². The van der Waals surface area contributed by atoms with Gasteiger partial charge in [0.25, 0.3) is 6.01 Å². The van der Waals surface area contributed by atoms with Gasteiger partial charge >= 0.3 is 6.09 Å². The zero-order valence-corrected chi connectivity index (χ0v) is 14.1. The molecular formula is C15H16BrN3O4. The second kappa shape index (κ2) is 5.30. The van der Waals surface area contributed by atoms with Gasteiger partial charge in [-0.05, 0) is 34.8 Å². The Balaban J connectivity index is 1.66. The van der Waals surface area contributed by atoms with Crippen LogP contribution in [0.3, 0.4) is 0 Å². The third-order valence-corrected chi connectivity index (χ3v) is 5.21.